The van der Waals surface area contributed by atoms with Gasteiger partial charge in [0.2, 0.25) is 5.91 Å². The Morgan fingerprint density at radius 1 is 1.58 bits per heavy atom. The molecule has 3 N–H and O–H groups in total. The standard InChI is InChI=1S/C13H21BrN4O/c1-8-11(14)9(2)18(17-8)7-6-13(3,12(15)19)16-10-4-5-10/h10,16H,4-7H2,1-3H3,(H2,15,19). The molecule has 6 heteroatoms. The van der Waals surface area contributed by atoms with Crippen LogP contribution in [0.3, 0.4) is 0 Å². The van der Waals surface area contributed by atoms with Gasteiger partial charge in [-0.2, -0.15) is 5.10 Å². The van der Waals surface area contributed by atoms with E-state index in [2.05, 4.69) is 26.3 Å². The van der Waals surface area contributed by atoms with Crippen LogP contribution in [0.5, 0.6) is 0 Å². The largest absolute Gasteiger partial charge is 0.368 e. The second-order valence-electron chi connectivity index (χ2n) is 5.57. The van der Waals surface area contributed by atoms with Gasteiger partial charge in [0.25, 0.3) is 0 Å². The Balaban J connectivity index is 2.05. The number of halogens is 1. The minimum absolute atomic E-state index is 0.292. The van der Waals surface area contributed by atoms with Crippen LogP contribution in [0, 0.1) is 13.8 Å². The number of carbonyl (C=O) groups excluding carboxylic acids is 1. The van der Waals surface area contributed by atoms with Crippen LogP contribution in [-0.4, -0.2) is 27.3 Å². The normalized spacial score (nSPS) is 18.3. The highest BCUT2D eigenvalue weighted by Crippen LogP contribution is 2.25. The monoisotopic (exact) mass is 328 g/mol. The molecule has 0 aromatic carbocycles. The van der Waals surface area contributed by atoms with Gasteiger partial charge in [-0.3, -0.25) is 9.48 Å². The smallest absolute Gasteiger partial charge is 0.237 e. The fraction of sp³-hybridized carbons (Fsp3) is 0.692. The summed E-state index contributed by atoms with van der Waals surface area (Å²) >= 11 is 3.51. The number of nitrogens with two attached hydrogens (primary N) is 1. The summed E-state index contributed by atoms with van der Waals surface area (Å²) in [5.74, 6) is -0.292. The summed E-state index contributed by atoms with van der Waals surface area (Å²) in [5.41, 5.74) is 6.94. The van der Waals surface area contributed by atoms with E-state index in [1.54, 1.807) is 0 Å². The first-order valence-electron chi connectivity index (χ1n) is 6.60. The Hall–Kier alpha value is -0.880. The maximum atomic E-state index is 11.7. The molecule has 19 heavy (non-hydrogen) atoms. The predicted molar refractivity (Wildman–Crippen MR) is 77.8 cm³/mol. The molecule has 1 heterocycles. The topological polar surface area (TPSA) is 72.9 Å². The number of primary amides is 1. The zero-order valence-electron chi connectivity index (χ0n) is 11.7. The lowest BCUT2D eigenvalue weighted by Gasteiger charge is -2.27. The van der Waals surface area contributed by atoms with E-state index in [0.29, 0.717) is 19.0 Å². The highest BCUT2D eigenvalue weighted by molar-refractivity contribution is 9.10. The van der Waals surface area contributed by atoms with Gasteiger partial charge in [0.05, 0.1) is 15.7 Å². The van der Waals surface area contributed by atoms with Gasteiger partial charge in [-0.1, -0.05) is 0 Å². The van der Waals surface area contributed by atoms with Crippen LogP contribution in [0.25, 0.3) is 0 Å². The third-order valence-electron chi connectivity index (χ3n) is 3.76. The minimum Gasteiger partial charge on any atom is -0.368 e. The number of nitrogens with zero attached hydrogens (tertiary/aromatic N) is 2. The van der Waals surface area contributed by atoms with Gasteiger partial charge < -0.3 is 11.1 Å². The summed E-state index contributed by atoms with van der Waals surface area (Å²) in [5, 5.41) is 7.81. The Morgan fingerprint density at radius 3 is 2.63 bits per heavy atom. The van der Waals surface area contributed by atoms with Crippen LogP contribution in [0.4, 0.5) is 0 Å². The van der Waals surface area contributed by atoms with E-state index in [1.807, 2.05) is 25.5 Å². The molecule has 0 spiro atoms. The molecule has 0 saturated heterocycles. The summed E-state index contributed by atoms with van der Waals surface area (Å²) < 4.78 is 2.96. The Kier molecular flexibility index (Phi) is 4.01. The summed E-state index contributed by atoms with van der Waals surface area (Å²) in [6.45, 7) is 6.54. The number of rotatable bonds is 6. The Labute approximate surface area is 122 Å². The third kappa shape index (κ3) is 3.17. The van der Waals surface area contributed by atoms with E-state index in [9.17, 15) is 4.79 Å². The first-order valence-corrected chi connectivity index (χ1v) is 7.40. The van der Waals surface area contributed by atoms with Crippen molar-refractivity contribution in [3.8, 4) is 0 Å². The van der Waals surface area contributed by atoms with Gasteiger partial charge in [0.15, 0.2) is 0 Å². The second-order valence-corrected chi connectivity index (χ2v) is 6.37. The summed E-state index contributed by atoms with van der Waals surface area (Å²) in [4.78, 5) is 11.7. The molecule has 1 aliphatic rings. The molecule has 0 radical (unpaired) electrons. The Morgan fingerprint density at radius 2 is 2.21 bits per heavy atom. The van der Waals surface area contributed by atoms with Gasteiger partial charge >= 0.3 is 0 Å². The van der Waals surface area contributed by atoms with Crippen LogP contribution < -0.4 is 11.1 Å². The van der Waals surface area contributed by atoms with Crippen molar-refractivity contribution < 1.29 is 4.79 Å². The van der Waals surface area contributed by atoms with Crippen LogP contribution in [0.1, 0.15) is 37.6 Å². The average Bonchev–Trinajstić information content (AvgIpc) is 3.11. The Bertz CT molecular complexity index is 495. The highest BCUT2D eigenvalue weighted by Gasteiger charge is 2.36. The number of aromatic nitrogens is 2. The lowest BCUT2D eigenvalue weighted by atomic mass is 9.96. The number of amides is 1. The van der Waals surface area contributed by atoms with E-state index in [-0.39, 0.29) is 5.91 Å². The predicted octanol–water partition coefficient (Wildman–Crippen LogP) is 1.65. The molecule has 1 aromatic heterocycles. The lowest BCUT2D eigenvalue weighted by Crippen LogP contribution is -2.54. The molecular weight excluding hydrogens is 308 g/mol. The zero-order valence-corrected chi connectivity index (χ0v) is 13.2. The van der Waals surface area contributed by atoms with Crippen molar-refractivity contribution in [3.05, 3.63) is 15.9 Å². The molecule has 1 aromatic rings. The van der Waals surface area contributed by atoms with E-state index < -0.39 is 5.54 Å². The maximum absolute atomic E-state index is 11.7. The molecule has 1 fully saturated rings. The molecule has 1 atom stereocenters. The van der Waals surface area contributed by atoms with Crippen molar-refractivity contribution in [2.45, 2.75) is 58.2 Å². The molecule has 1 amide bonds. The van der Waals surface area contributed by atoms with Crippen molar-refractivity contribution in [2.24, 2.45) is 5.73 Å². The molecular formula is C13H21BrN4O. The summed E-state index contributed by atoms with van der Waals surface area (Å²) in [6.07, 6.45) is 2.91. The zero-order chi connectivity index (χ0) is 14.2. The van der Waals surface area contributed by atoms with E-state index >= 15 is 0 Å². The number of hydrogen-bond acceptors (Lipinski definition) is 3. The molecule has 2 rings (SSSR count). The fourth-order valence-electron chi connectivity index (χ4n) is 2.17. The molecule has 1 aliphatic carbocycles. The molecule has 0 aliphatic heterocycles. The van der Waals surface area contributed by atoms with Gasteiger partial charge in [-0.25, -0.2) is 0 Å². The molecule has 1 saturated carbocycles. The average molecular weight is 329 g/mol. The number of hydrogen-bond donors (Lipinski definition) is 2. The number of carbonyl (C=O) groups is 1. The molecule has 106 valence electrons. The van der Waals surface area contributed by atoms with E-state index in [0.717, 1.165) is 28.7 Å². The van der Waals surface area contributed by atoms with Crippen molar-refractivity contribution in [1.29, 1.82) is 0 Å². The quantitative estimate of drug-likeness (QED) is 0.833. The third-order valence-corrected chi connectivity index (χ3v) is 4.91. The SMILES string of the molecule is Cc1nn(CCC(C)(NC2CC2)C(N)=O)c(C)c1Br. The molecule has 5 nitrogen and oxygen atoms in total. The number of nitrogens with one attached hydrogen (secondary N) is 1. The maximum Gasteiger partial charge on any atom is 0.237 e. The van der Waals surface area contributed by atoms with Crippen molar-refractivity contribution in [3.63, 3.8) is 0 Å². The van der Waals surface area contributed by atoms with Crippen LogP contribution in [0.15, 0.2) is 4.47 Å². The van der Waals surface area contributed by atoms with Crippen LogP contribution >= 0.6 is 15.9 Å². The van der Waals surface area contributed by atoms with E-state index in [4.69, 9.17) is 5.73 Å². The lowest BCUT2D eigenvalue weighted by molar-refractivity contribution is -0.124. The second kappa shape index (κ2) is 5.25. The minimum atomic E-state index is -0.653. The van der Waals surface area contributed by atoms with Gasteiger partial charge in [0.1, 0.15) is 0 Å². The highest BCUT2D eigenvalue weighted by atomic mass is 79.9. The fourth-order valence-corrected chi connectivity index (χ4v) is 2.45. The van der Waals surface area contributed by atoms with Crippen LogP contribution in [-0.2, 0) is 11.3 Å². The molecule has 1 unspecified atom stereocenters. The summed E-state index contributed by atoms with van der Waals surface area (Å²) in [6, 6.07) is 0.449. The molecule has 0 bridgehead atoms. The number of aryl methyl sites for hydroxylation is 2. The van der Waals surface area contributed by atoms with Crippen molar-refractivity contribution in [1.82, 2.24) is 15.1 Å². The first kappa shape index (κ1) is 14.5. The summed E-state index contributed by atoms with van der Waals surface area (Å²) in [7, 11) is 0. The van der Waals surface area contributed by atoms with Gasteiger partial charge in [0, 0.05) is 18.3 Å². The van der Waals surface area contributed by atoms with Gasteiger partial charge in [-0.05, 0) is 56.0 Å². The van der Waals surface area contributed by atoms with E-state index in [1.165, 1.54) is 0 Å². The van der Waals surface area contributed by atoms with Gasteiger partial charge in [-0.15, -0.1) is 0 Å². The first-order chi connectivity index (χ1) is 8.83. The van der Waals surface area contributed by atoms with Crippen LogP contribution in [0.2, 0.25) is 0 Å². The van der Waals surface area contributed by atoms with Crippen molar-refractivity contribution >= 4 is 21.8 Å². The van der Waals surface area contributed by atoms with Crippen molar-refractivity contribution in [2.75, 3.05) is 0 Å².